The monoisotopic (exact) mass is 320 g/mol. The Morgan fingerprint density at radius 3 is 2.10 bits per heavy atom. The number of methoxy groups -OCH3 is 1. The third-order valence-corrected chi connectivity index (χ3v) is 3.39. The van der Waals surface area contributed by atoms with E-state index in [1.54, 1.807) is 6.07 Å². The molecule has 0 aliphatic carbocycles. The van der Waals surface area contributed by atoms with Crippen molar-refractivity contribution in [1.29, 1.82) is 0 Å². The average molecular weight is 321 g/mol. The number of ether oxygens (including phenoxy) is 1. The molecule has 0 heterocycles. The van der Waals surface area contributed by atoms with Crippen LogP contribution in [0.25, 0.3) is 11.1 Å². The van der Waals surface area contributed by atoms with Gasteiger partial charge >= 0.3 is 6.18 Å². The van der Waals surface area contributed by atoms with Gasteiger partial charge in [0.2, 0.25) is 0 Å². The van der Waals surface area contributed by atoms with E-state index >= 15 is 0 Å². The Kier molecular flexibility index (Phi) is 4.16. The fourth-order valence-corrected chi connectivity index (χ4v) is 2.46. The number of rotatable bonds is 2. The highest BCUT2D eigenvalue weighted by Gasteiger charge is 2.35. The van der Waals surface area contributed by atoms with Gasteiger partial charge in [0.25, 0.3) is 0 Å². The Hall–Kier alpha value is -1.39. The van der Waals surface area contributed by atoms with Crippen LogP contribution in [0.1, 0.15) is 5.56 Å². The van der Waals surface area contributed by atoms with Gasteiger partial charge in [0.1, 0.15) is 5.75 Å². The molecule has 0 spiro atoms. The van der Waals surface area contributed by atoms with Gasteiger partial charge in [-0.1, -0.05) is 29.3 Å². The minimum absolute atomic E-state index is 0.0751. The van der Waals surface area contributed by atoms with Gasteiger partial charge in [-0.2, -0.15) is 13.2 Å². The molecule has 0 aromatic heterocycles. The van der Waals surface area contributed by atoms with E-state index in [0.29, 0.717) is 0 Å². The molecule has 2 aromatic carbocycles. The molecule has 106 valence electrons. The van der Waals surface area contributed by atoms with Crippen LogP contribution in [0.2, 0.25) is 10.0 Å². The fourth-order valence-electron chi connectivity index (χ4n) is 1.86. The van der Waals surface area contributed by atoms with Crippen LogP contribution in [0.15, 0.2) is 36.4 Å². The first-order chi connectivity index (χ1) is 9.34. The number of hydrogen-bond donors (Lipinski definition) is 0. The van der Waals surface area contributed by atoms with Crippen molar-refractivity contribution in [3.63, 3.8) is 0 Å². The van der Waals surface area contributed by atoms with Crippen molar-refractivity contribution in [2.45, 2.75) is 6.18 Å². The summed E-state index contributed by atoms with van der Waals surface area (Å²) in [6.07, 6.45) is -4.54. The maximum absolute atomic E-state index is 13.2. The molecule has 1 nitrogen and oxygen atoms in total. The minimum atomic E-state index is -4.54. The summed E-state index contributed by atoms with van der Waals surface area (Å²) in [6, 6.07) is 8.22. The van der Waals surface area contributed by atoms with Crippen molar-refractivity contribution < 1.29 is 17.9 Å². The van der Waals surface area contributed by atoms with Crippen molar-refractivity contribution in [3.8, 4) is 16.9 Å². The molecule has 0 saturated carbocycles. The van der Waals surface area contributed by atoms with Gasteiger partial charge in [0, 0.05) is 15.6 Å². The van der Waals surface area contributed by atoms with Crippen LogP contribution in [0, 0.1) is 0 Å². The molecule has 0 radical (unpaired) electrons. The van der Waals surface area contributed by atoms with Gasteiger partial charge < -0.3 is 4.74 Å². The zero-order valence-electron chi connectivity index (χ0n) is 10.3. The van der Waals surface area contributed by atoms with Gasteiger partial charge in [-0.05, 0) is 35.9 Å². The van der Waals surface area contributed by atoms with Crippen molar-refractivity contribution in [2.75, 3.05) is 7.11 Å². The summed E-state index contributed by atoms with van der Waals surface area (Å²) in [6.45, 7) is 0. The lowest BCUT2D eigenvalue weighted by Gasteiger charge is -2.16. The Morgan fingerprint density at radius 2 is 1.60 bits per heavy atom. The van der Waals surface area contributed by atoms with Crippen LogP contribution in [-0.2, 0) is 6.18 Å². The Labute approximate surface area is 123 Å². The zero-order chi connectivity index (χ0) is 14.9. The largest absolute Gasteiger partial charge is 0.497 e. The zero-order valence-corrected chi connectivity index (χ0v) is 11.8. The van der Waals surface area contributed by atoms with Crippen molar-refractivity contribution >= 4 is 23.2 Å². The first-order valence-electron chi connectivity index (χ1n) is 5.54. The quantitative estimate of drug-likeness (QED) is 0.690. The summed E-state index contributed by atoms with van der Waals surface area (Å²) in [4.78, 5) is 0. The van der Waals surface area contributed by atoms with E-state index in [9.17, 15) is 13.2 Å². The van der Waals surface area contributed by atoms with Crippen LogP contribution in [-0.4, -0.2) is 7.11 Å². The second-order valence-corrected chi connectivity index (χ2v) is 4.82. The maximum Gasteiger partial charge on any atom is 0.417 e. The number of hydrogen-bond acceptors (Lipinski definition) is 1. The predicted molar refractivity (Wildman–Crippen MR) is 73.5 cm³/mol. The molecule has 0 bridgehead atoms. The SMILES string of the molecule is COc1ccc(-c2c(Cl)cccc2Cl)c(C(F)(F)F)c1. The minimum Gasteiger partial charge on any atom is -0.497 e. The number of halogens is 5. The lowest BCUT2D eigenvalue weighted by molar-refractivity contribution is -0.137. The summed E-state index contributed by atoms with van der Waals surface area (Å²) in [5, 5.41) is 0.321. The summed E-state index contributed by atoms with van der Waals surface area (Å²) >= 11 is 12.0. The standard InChI is InChI=1S/C14H9Cl2F3O/c1-20-8-5-6-9(10(7-8)14(17,18)19)13-11(15)3-2-4-12(13)16/h2-7H,1H3. The van der Waals surface area contributed by atoms with Gasteiger partial charge in [-0.25, -0.2) is 0 Å². The summed E-state index contributed by atoms with van der Waals surface area (Å²) in [7, 11) is 1.30. The number of alkyl halides is 3. The third-order valence-electron chi connectivity index (χ3n) is 2.76. The van der Waals surface area contributed by atoms with E-state index in [0.717, 1.165) is 6.07 Å². The van der Waals surface area contributed by atoms with E-state index < -0.39 is 11.7 Å². The van der Waals surface area contributed by atoms with Crippen LogP contribution < -0.4 is 4.74 Å². The summed E-state index contributed by atoms with van der Waals surface area (Å²) in [5.74, 6) is 0.115. The molecule has 0 aliphatic heterocycles. The van der Waals surface area contributed by atoms with Crippen molar-refractivity contribution in [2.24, 2.45) is 0 Å². The van der Waals surface area contributed by atoms with E-state index in [2.05, 4.69) is 0 Å². The van der Waals surface area contributed by atoms with Crippen molar-refractivity contribution in [1.82, 2.24) is 0 Å². The first-order valence-corrected chi connectivity index (χ1v) is 6.30. The Balaban J connectivity index is 2.74. The molecule has 0 unspecified atom stereocenters. The van der Waals surface area contributed by atoms with E-state index in [1.165, 1.54) is 31.4 Å². The molecule has 0 fully saturated rings. The summed E-state index contributed by atoms with van der Waals surface area (Å²) in [5.41, 5.74) is -0.758. The molecule has 6 heteroatoms. The predicted octanol–water partition coefficient (Wildman–Crippen LogP) is 5.69. The molecule has 2 rings (SSSR count). The lowest BCUT2D eigenvalue weighted by atomic mass is 9.98. The highest BCUT2D eigenvalue weighted by Crippen LogP contribution is 2.43. The van der Waals surface area contributed by atoms with Gasteiger partial charge in [-0.15, -0.1) is 0 Å². The Morgan fingerprint density at radius 1 is 1.00 bits per heavy atom. The maximum atomic E-state index is 13.2. The second-order valence-electron chi connectivity index (χ2n) is 4.01. The van der Waals surface area contributed by atoms with Gasteiger partial charge in [0.15, 0.2) is 0 Å². The first kappa shape index (κ1) is 15.0. The molecule has 0 aliphatic rings. The van der Waals surface area contributed by atoms with E-state index in [4.69, 9.17) is 27.9 Å². The molecule has 0 N–H and O–H groups in total. The third kappa shape index (κ3) is 2.86. The molecule has 0 atom stereocenters. The topological polar surface area (TPSA) is 9.23 Å². The number of benzene rings is 2. The molecule has 20 heavy (non-hydrogen) atoms. The van der Waals surface area contributed by atoms with Crippen molar-refractivity contribution in [3.05, 3.63) is 52.0 Å². The average Bonchev–Trinajstić information content (AvgIpc) is 2.37. The highest BCUT2D eigenvalue weighted by atomic mass is 35.5. The highest BCUT2D eigenvalue weighted by molar-refractivity contribution is 6.39. The van der Waals surface area contributed by atoms with E-state index in [-0.39, 0.29) is 26.9 Å². The fraction of sp³-hybridized carbons (Fsp3) is 0.143. The Bertz CT molecular complexity index is 619. The molecule has 0 amide bonds. The molecular formula is C14H9Cl2F3O. The molecular weight excluding hydrogens is 312 g/mol. The van der Waals surface area contributed by atoms with Crippen LogP contribution in [0.5, 0.6) is 5.75 Å². The smallest absolute Gasteiger partial charge is 0.417 e. The molecule has 2 aromatic rings. The summed E-state index contributed by atoms with van der Waals surface area (Å²) < 4.78 is 44.4. The van der Waals surface area contributed by atoms with Gasteiger partial charge in [0.05, 0.1) is 12.7 Å². The van der Waals surface area contributed by atoms with E-state index in [1.807, 2.05) is 0 Å². The van der Waals surface area contributed by atoms with Crippen LogP contribution in [0.3, 0.4) is 0 Å². The lowest BCUT2D eigenvalue weighted by Crippen LogP contribution is -2.08. The second kappa shape index (κ2) is 5.54. The molecule has 0 saturated heterocycles. The van der Waals surface area contributed by atoms with Gasteiger partial charge in [-0.3, -0.25) is 0 Å². The van der Waals surface area contributed by atoms with Crippen LogP contribution in [0.4, 0.5) is 13.2 Å². The van der Waals surface area contributed by atoms with Crippen LogP contribution >= 0.6 is 23.2 Å². The normalized spacial score (nSPS) is 11.5.